The summed E-state index contributed by atoms with van der Waals surface area (Å²) in [5.41, 5.74) is 0.838. The molecule has 1 fully saturated rings. The van der Waals surface area contributed by atoms with Gasteiger partial charge in [0.15, 0.2) is 6.10 Å². The molecule has 0 saturated carbocycles. The van der Waals surface area contributed by atoms with Gasteiger partial charge < -0.3 is 10.0 Å². The van der Waals surface area contributed by atoms with E-state index in [2.05, 4.69) is 6.58 Å². The number of aliphatic hydroxyl groups is 1. The fourth-order valence-corrected chi connectivity index (χ4v) is 3.85. The number of benzene rings is 1. The van der Waals surface area contributed by atoms with Gasteiger partial charge >= 0.3 is 6.18 Å². The second-order valence-electron chi connectivity index (χ2n) is 6.97. The number of carbonyl (C=O) groups excluding carboxylic acids is 1. The van der Waals surface area contributed by atoms with Gasteiger partial charge in [-0.15, -0.1) is 6.58 Å². The molecule has 0 spiro atoms. The van der Waals surface area contributed by atoms with Gasteiger partial charge in [0, 0.05) is 23.4 Å². The van der Waals surface area contributed by atoms with E-state index in [1.54, 1.807) is 42.2 Å². The Hall–Kier alpha value is -1.53. The molecular weight excluding hydrogens is 379 g/mol. The number of piperidine rings is 1. The van der Waals surface area contributed by atoms with Gasteiger partial charge in [-0.2, -0.15) is 13.2 Å². The van der Waals surface area contributed by atoms with E-state index in [0.29, 0.717) is 30.7 Å². The number of likely N-dealkylation sites (tertiary alicyclic amines) is 1. The second-order valence-corrected chi connectivity index (χ2v) is 7.40. The van der Waals surface area contributed by atoms with Crippen molar-refractivity contribution in [2.24, 2.45) is 5.92 Å². The van der Waals surface area contributed by atoms with Gasteiger partial charge in [0.25, 0.3) is 0 Å². The van der Waals surface area contributed by atoms with E-state index in [4.69, 9.17) is 11.6 Å². The number of rotatable bonds is 7. The maximum Gasteiger partial charge on any atom is 0.414 e. The van der Waals surface area contributed by atoms with Gasteiger partial charge in [0.05, 0.1) is 6.04 Å². The molecule has 3 unspecified atom stereocenters. The van der Waals surface area contributed by atoms with Crippen LogP contribution in [0.4, 0.5) is 13.2 Å². The molecule has 1 heterocycles. The molecule has 7 heteroatoms. The van der Waals surface area contributed by atoms with Crippen LogP contribution < -0.4 is 0 Å². The molecule has 1 aliphatic heterocycles. The molecule has 1 N–H and O–H groups in total. The number of allylic oxidation sites excluding steroid dienone is 1. The number of hydrogen-bond acceptors (Lipinski definition) is 2. The van der Waals surface area contributed by atoms with Gasteiger partial charge in [-0.1, -0.05) is 36.7 Å². The van der Waals surface area contributed by atoms with Crippen LogP contribution in [0.3, 0.4) is 0 Å². The predicted octanol–water partition coefficient (Wildman–Crippen LogP) is 5.29. The summed E-state index contributed by atoms with van der Waals surface area (Å²) in [6.07, 6.45) is -3.93. The van der Waals surface area contributed by atoms with Gasteiger partial charge in [-0.25, -0.2) is 0 Å². The lowest BCUT2D eigenvalue weighted by Crippen LogP contribution is -2.50. The van der Waals surface area contributed by atoms with Crippen LogP contribution in [0.25, 0.3) is 0 Å². The molecule has 27 heavy (non-hydrogen) atoms. The van der Waals surface area contributed by atoms with Crippen LogP contribution in [-0.4, -0.2) is 34.2 Å². The van der Waals surface area contributed by atoms with E-state index in [-0.39, 0.29) is 17.9 Å². The molecular formula is C20H25ClF3NO2. The smallest absolute Gasteiger partial charge is 0.384 e. The average Bonchev–Trinajstić information content (AvgIpc) is 2.61. The Labute approximate surface area is 162 Å². The number of carbonyl (C=O) groups is 1. The number of halogens is 4. The molecule has 1 amide bonds. The summed E-state index contributed by atoms with van der Waals surface area (Å²) in [5.74, 6) is -0.467. The first-order valence-corrected chi connectivity index (χ1v) is 9.50. The molecule has 0 bridgehead atoms. The van der Waals surface area contributed by atoms with Crippen LogP contribution in [0, 0.1) is 5.92 Å². The van der Waals surface area contributed by atoms with Crippen molar-refractivity contribution in [3.05, 3.63) is 47.5 Å². The Morgan fingerprint density at radius 3 is 2.48 bits per heavy atom. The first-order valence-electron chi connectivity index (χ1n) is 9.12. The van der Waals surface area contributed by atoms with Gasteiger partial charge in [-0.05, 0) is 43.4 Å². The van der Waals surface area contributed by atoms with E-state index in [0.717, 1.165) is 5.56 Å². The van der Waals surface area contributed by atoms with E-state index in [1.807, 2.05) is 0 Å². The molecule has 2 rings (SSSR count). The lowest BCUT2D eigenvalue weighted by molar-refractivity contribution is -0.210. The second kappa shape index (κ2) is 9.11. The van der Waals surface area contributed by atoms with Crippen molar-refractivity contribution < 1.29 is 23.1 Å². The largest absolute Gasteiger partial charge is 0.414 e. The van der Waals surface area contributed by atoms with Crippen molar-refractivity contribution in [2.45, 2.75) is 63.4 Å². The zero-order chi connectivity index (χ0) is 20.2. The van der Waals surface area contributed by atoms with Gasteiger partial charge in [0.1, 0.15) is 0 Å². The van der Waals surface area contributed by atoms with Crippen molar-refractivity contribution >= 4 is 17.5 Å². The van der Waals surface area contributed by atoms with Crippen LogP contribution in [-0.2, 0) is 4.79 Å². The van der Waals surface area contributed by atoms with Crippen LogP contribution >= 0.6 is 11.6 Å². The number of hydrogen-bond donors (Lipinski definition) is 1. The Bertz CT molecular complexity index is 648. The van der Waals surface area contributed by atoms with Crippen LogP contribution in [0.2, 0.25) is 5.02 Å². The third kappa shape index (κ3) is 5.26. The Morgan fingerprint density at radius 1 is 1.33 bits per heavy atom. The van der Waals surface area contributed by atoms with E-state index < -0.39 is 24.7 Å². The minimum atomic E-state index is -4.71. The molecule has 3 nitrogen and oxygen atoms in total. The fourth-order valence-electron chi connectivity index (χ4n) is 3.72. The monoisotopic (exact) mass is 403 g/mol. The van der Waals surface area contributed by atoms with Crippen molar-refractivity contribution in [2.75, 3.05) is 0 Å². The van der Waals surface area contributed by atoms with Crippen molar-refractivity contribution in [1.82, 2.24) is 4.90 Å². The number of nitrogens with zero attached hydrogens (tertiary/aromatic N) is 1. The topological polar surface area (TPSA) is 40.5 Å². The fraction of sp³-hybridized carbons (Fsp3) is 0.550. The van der Waals surface area contributed by atoms with Crippen molar-refractivity contribution in [1.29, 1.82) is 0 Å². The van der Waals surface area contributed by atoms with Crippen molar-refractivity contribution in [3.8, 4) is 0 Å². The molecule has 1 saturated heterocycles. The highest BCUT2D eigenvalue weighted by molar-refractivity contribution is 6.30. The lowest BCUT2D eigenvalue weighted by atomic mass is 9.84. The maximum absolute atomic E-state index is 13.1. The summed E-state index contributed by atoms with van der Waals surface area (Å²) in [6, 6.07) is 5.98. The standard InChI is InChI=1S/C20H25ClF3NO2/c1-3-5-14-8-11-17(13-6-9-15(21)10-7-13)25(19(14)27)16(4-2)12-18(26)20(22,23)24/h3,6-7,9-10,14,16-18,26H,1,4-5,8,11-12H2,2H3/t14-,16?,17?,18?/m0/s1. The summed E-state index contributed by atoms with van der Waals surface area (Å²) < 4.78 is 38.7. The molecule has 1 aliphatic rings. The molecule has 4 atom stereocenters. The van der Waals surface area contributed by atoms with Crippen LogP contribution in [0.15, 0.2) is 36.9 Å². The first kappa shape index (κ1) is 21.8. The van der Waals surface area contributed by atoms with E-state index >= 15 is 0 Å². The highest BCUT2D eigenvalue weighted by Crippen LogP contribution is 2.39. The average molecular weight is 404 g/mol. The highest BCUT2D eigenvalue weighted by atomic mass is 35.5. The summed E-state index contributed by atoms with van der Waals surface area (Å²) in [7, 11) is 0. The SMILES string of the molecule is C=CC[C@H]1CCC(c2ccc(Cl)cc2)N(C(CC)CC(O)C(F)(F)F)C1=O. The van der Waals surface area contributed by atoms with Crippen molar-refractivity contribution in [3.63, 3.8) is 0 Å². The third-order valence-corrected chi connectivity index (χ3v) is 5.42. The summed E-state index contributed by atoms with van der Waals surface area (Å²) in [5, 5.41) is 10.1. The molecule has 0 aliphatic carbocycles. The number of aliphatic hydroxyl groups excluding tert-OH is 1. The Kier molecular flexibility index (Phi) is 7.34. The van der Waals surface area contributed by atoms with Crippen LogP contribution in [0.1, 0.15) is 50.6 Å². The number of alkyl halides is 3. The highest BCUT2D eigenvalue weighted by Gasteiger charge is 2.44. The predicted molar refractivity (Wildman–Crippen MR) is 99.3 cm³/mol. The number of amides is 1. The zero-order valence-electron chi connectivity index (χ0n) is 15.3. The normalized spacial score (nSPS) is 23.2. The molecule has 1 aromatic carbocycles. The Balaban J connectivity index is 2.35. The molecule has 0 radical (unpaired) electrons. The first-order chi connectivity index (χ1) is 12.7. The van der Waals surface area contributed by atoms with Gasteiger partial charge in [0.2, 0.25) is 5.91 Å². The summed E-state index contributed by atoms with van der Waals surface area (Å²) >= 11 is 5.94. The zero-order valence-corrected chi connectivity index (χ0v) is 16.0. The van der Waals surface area contributed by atoms with Crippen LogP contribution in [0.5, 0.6) is 0 Å². The minimum Gasteiger partial charge on any atom is -0.384 e. The minimum absolute atomic E-state index is 0.178. The molecule has 150 valence electrons. The Morgan fingerprint density at radius 2 is 1.96 bits per heavy atom. The summed E-state index contributed by atoms with van der Waals surface area (Å²) in [6.45, 7) is 5.41. The van der Waals surface area contributed by atoms with Gasteiger partial charge in [-0.3, -0.25) is 4.79 Å². The summed E-state index contributed by atoms with van der Waals surface area (Å²) in [4.78, 5) is 14.6. The quantitative estimate of drug-likeness (QED) is 0.628. The van der Waals surface area contributed by atoms with E-state index in [9.17, 15) is 23.1 Å². The lowest BCUT2D eigenvalue weighted by Gasteiger charge is -2.44. The molecule has 1 aromatic rings. The third-order valence-electron chi connectivity index (χ3n) is 5.17. The van der Waals surface area contributed by atoms with E-state index in [1.165, 1.54) is 0 Å². The maximum atomic E-state index is 13.1. The molecule has 0 aromatic heterocycles.